The van der Waals surface area contributed by atoms with Crippen LogP contribution in [-0.4, -0.2) is 47.4 Å². The molecular formula is C69H131NO5. The van der Waals surface area contributed by atoms with E-state index in [0.29, 0.717) is 19.4 Å². The molecule has 0 spiro atoms. The van der Waals surface area contributed by atoms with Crippen molar-refractivity contribution in [1.82, 2.24) is 5.32 Å². The molecule has 0 bridgehead atoms. The van der Waals surface area contributed by atoms with E-state index in [1.54, 1.807) is 6.08 Å². The number of ether oxygens (including phenoxy) is 1. The molecule has 0 rings (SSSR count). The zero-order valence-corrected chi connectivity index (χ0v) is 50.5. The lowest BCUT2D eigenvalue weighted by Gasteiger charge is -2.20. The summed E-state index contributed by atoms with van der Waals surface area (Å²) in [5, 5.41) is 23.1. The van der Waals surface area contributed by atoms with Gasteiger partial charge in [0, 0.05) is 12.8 Å². The number of amides is 1. The van der Waals surface area contributed by atoms with Gasteiger partial charge in [-0.15, -0.1) is 0 Å². The number of aliphatic hydroxyl groups excluding tert-OH is 2. The topological polar surface area (TPSA) is 95.9 Å². The molecule has 0 aliphatic carbocycles. The number of hydrogen-bond acceptors (Lipinski definition) is 5. The highest BCUT2D eigenvalue weighted by Crippen LogP contribution is 2.18. The van der Waals surface area contributed by atoms with Gasteiger partial charge in [0.1, 0.15) is 0 Å². The highest BCUT2D eigenvalue weighted by molar-refractivity contribution is 5.76. The van der Waals surface area contributed by atoms with Gasteiger partial charge in [-0.25, -0.2) is 0 Å². The second-order valence-electron chi connectivity index (χ2n) is 23.1. The molecule has 2 unspecified atom stereocenters. The lowest BCUT2D eigenvalue weighted by molar-refractivity contribution is -0.143. The maximum Gasteiger partial charge on any atom is 0.305 e. The monoisotopic (exact) mass is 1050 g/mol. The number of aliphatic hydroxyl groups is 2. The molecule has 0 saturated carbocycles. The lowest BCUT2D eigenvalue weighted by Crippen LogP contribution is -2.45. The van der Waals surface area contributed by atoms with Crippen molar-refractivity contribution >= 4 is 11.9 Å². The first-order valence-corrected chi connectivity index (χ1v) is 33.8. The van der Waals surface area contributed by atoms with Crippen LogP contribution in [0.2, 0.25) is 0 Å². The zero-order valence-electron chi connectivity index (χ0n) is 50.5. The molecule has 0 heterocycles. The van der Waals surface area contributed by atoms with E-state index in [9.17, 15) is 19.8 Å². The van der Waals surface area contributed by atoms with Gasteiger partial charge >= 0.3 is 5.97 Å². The fraction of sp³-hybridized carbons (Fsp3) is 0.884. The van der Waals surface area contributed by atoms with Crippen molar-refractivity contribution in [2.75, 3.05) is 13.2 Å². The fourth-order valence-corrected chi connectivity index (χ4v) is 10.4. The molecule has 0 fully saturated rings. The Kier molecular flexibility index (Phi) is 63.0. The van der Waals surface area contributed by atoms with Crippen molar-refractivity contribution in [3.63, 3.8) is 0 Å². The van der Waals surface area contributed by atoms with Crippen molar-refractivity contribution in [1.29, 1.82) is 0 Å². The predicted octanol–water partition coefficient (Wildman–Crippen LogP) is 21.5. The van der Waals surface area contributed by atoms with Crippen molar-refractivity contribution < 1.29 is 24.5 Å². The number of carbonyl (C=O) groups is 2. The first kappa shape index (κ1) is 73.1. The first-order valence-electron chi connectivity index (χ1n) is 33.8. The highest BCUT2D eigenvalue weighted by atomic mass is 16.5. The van der Waals surface area contributed by atoms with E-state index in [-0.39, 0.29) is 18.5 Å². The van der Waals surface area contributed by atoms with Crippen LogP contribution in [0.3, 0.4) is 0 Å². The first-order chi connectivity index (χ1) is 37.0. The van der Waals surface area contributed by atoms with Gasteiger partial charge in [-0.2, -0.15) is 0 Å². The Morgan fingerprint density at radius 1 is 0.360 bits per heavy atom. The minimum atomic E-state index is -0.844. The predicted molar refractivity (Wildman–Crippen MR) is 329 cm³/mol. The number of unbranched alkanes of at least 4 members (excludes halogenated alkanes) is 48. The van der Waals surface area contributed by atoms with Gasteiger partial charge in [-0.3, -0.25) is 9.59 Å². The summed E-state index contributed by atoms with van der Waals surface area (Å²) < 4.78 is 5.49. The molecule has 0 aromatic rings. The van der Waals surface area contributed by atoms with E-state index < -0.39 is 12.1 Å². The Bertz CT molecular complexity index is 1210. The summed E-state index contributed by atoms with van der Waals surface area (Å²) in [4.78, 5) is 24.5. The van der Waals surface area contributed by atoms with Gasteiger partial charge in [0.05, 0.1) is 25.4 Å². The zero-order chi connectivity index (χ0) is 54.3. The van der Waals surface area contributed by atoms with Crippen molar-refractivity contribution in [2.24, 2.45) is 0 Å². The third kappa shape index (κ3) is 61.2. The molecule has 6 heteroatoms. The number of carbonyl (C=O) groups excluding carboxylic acids is 2. The van der Waals surface area contributed by atoms with E-state index in [0.717, 1.165) is 44.9 Å². The summed E-state index contributed by atoms with van der Waals surface area (Å²) in [6.07, 6.45) is 82.1. The van der Waals surface area contributed by atoms with Crippen LogP contribution in [0.1, 0.15) is 367 Å². The van der Waals surface area contributed by atoms with Crippen molar-refractivity contribution in [3.8, 4) is 0 Å². The molecule has 0 aromatic carbocycles. The lowest BCUT2D eigenvalue weighted by atomic mass is 10.0. The Morgan fingerprint density at radius 2 is 0.627 bits per heavy atom. The molecular weight excluding hydrogens is 923 g/mol. The van der Waals surface area contributed by atoms with Crippen LogP contribution in [0.4, 0.5) is 0 Å². The van der Waals surface area contributed by atoms with Crippen LogP contribution in [-0.2, 0) is 14.3 Å². The minimum Gasteiger partial charge on any atom is -0.466 e. The normalized spacial score (nSPS) is 12.7. The molecule has 0 radical (unpaired) electrons. The van der Waals surface area contributed by atoms with Crippen LogP contribution in [0, 0.1) is 0 Å². The maximum absolute atomic E-state index is 12.5. The number of allylic oxidation sites excluding steroid dienone is 5. The summed E-state index contributed by atoms with van der Waals surface area (Å²) in [7, 11) is 0. The molecule has 0 aliphatic rings. The van der Waals surface area contributed by atoms with Crippen molar-refractivity contribution in [3.05, 3.63) is 36.5 Å². The summed E-state index contributed by atoms with van der Waals surface area (Å²) >= 11 is 0. The molecule has 0 saturated heterocycles. The van der Waals surface area contributed by atoms with Gasteiger partial charge in [0.15, 0.2) is 0 Å². The summed E-state index contributed by atoms with van der Waals surface area (Å²) in [5.74, 6) is -0.0585. The molecule has 1 amide bonds. The third-order valence-electron chi connectivity index (χ3n) is 15.6. The Labute approximate surface area is 468 Å². The molecule has 442 valence electrons. The minimum absolute atomic E-state index is 0.00774. The summed E-state index contributed by atoms with van der Waals surface area (Å²) in [5.41, 5.74) is 0. The summed E-state index contributed by atoms with van der Waals surface area (Å²) in [6.45, 7) is 4.92. The largest absolute Gasteiger partial charge is 0.466 e. The third-order valence-corrected chi connectivity index (χ3v) is 15.6. The van der Waals surface area contributed by atoms with Crippen LogP contribution >= 0.6 is 0 Å². The molecule has 3 N–H and O–H groups in total. The van der Waals surface area contributed by atoms with Gasteiger partial charge in [0.25, 0.3) is 0 Å². The second-order valence-corrected chi connectivity index (χ2v) is 23.1. The van der Waals surface area contributed by atoms with Crippen LogP contribution in [0.15, 0.2) is 36.5 Å². The van der Waals surface area contributed by atoms with E-state index in [1.807, 2.05) is 6.08 Å². The number of rotatable bonds is 63. The Morgan fingerprint density at radius 3 is 0.947 bits per heavy atom. The van der Waals surface area contributed by atoms with E-state index >= 15 is 0 Å². The number of hydrogen-bond donors (Lipinski definition) is 3. The molecule has 75 heavy (non-hydrogen) atoms. The average Bonchev–Trinajstić information content (AvgIpc) is 3.41. The maximum atomic E-state index is 12.5. The highest BCUT2D eigenvalue weighted by Gasteiger charge is 2.18. The molecule has 0 aromatic heterocycles. The number of nitrogens with one attached hydrogen (secondary N) is 1. The van der Waals surface area contributed by atoms with E-state index in [2.05, 4.69) is 43.5 Å². The summed E-state index contributed by atoms with van der Waals surface area (Å²) in [6, 6.07) is -0.628. The van der Waals surface area contributed by atoms with Crippen LogP contribution in [0.5, 0.6) is 0 Å². The van der Waals surface area contributed by atoms with Crippen LogP contribution < -0.4 is 5.32 Å². The molecule has 6 nitrogen and oxygen atoms in total. The van der Waals surface area contributed by atoms with Crippen LogP contribution in [0.25, 0.3) is 0 Å². The fourth-order valence-electron chi connectivity index (χ4n) is 10.4. The van der Waals surface area contributed by atoms with Gasteiger partial charge in [0.2, 0.25) is 5.91 Å². The Hall–Kier alpha value is -1.92. The quantitative estimate of drug-likeness (QED) is 0.0320. The molecule has 0 aliphatic heterocycles. The van der Waals surface area contributed by atoms with E-state index in [4.69, 9.17) is 4.74 Å². The Balaban J connectivity index is 3.39. The average molecular weight is 1050 g/mol. The second kappa shape index (κ2) is 64.6. The standard InChI is InChI=1S/C69H131NO5/c1-3-5-7-9-11-13-15-17-33-37-41-45-49-53-57-61-67(72)66(65-71)70-68(73)62-58-54-50-46-42-38-35-31-29-27-25-23-21-19-20-22-24-26-28-30-32-36-40-44-48-52-56-60-64-75-69(74)63-59-55-51-47-43-39-34-18-16-14-12-10-8-6-4-2/h18-20,34,57,61,66-67,71-72H,3-17,21-33,35-56,58-60,62-65H2,1-2H3,(H,70,73)/b20-19-,34-18-,61-57+. The van der Waals surface area contributed by atoms with Crippen molar-refractivity contribution in [2.45, 2.75) is 379 Å². The van der Waals surface area contributed by atoms with Gasteiger partial charge in [-0.05, 0) is 83.5 Å². The van der Waals surface area contributed by atoms with Gasteiger partial charge in [-0.1, -0.05) is 307 Å². The smallest absolute Gasteiger partial charge is 0.305 e. The van der Waals surface area contributed by atoms with E-state index in [1.165, 1.54) is 295 Å². The SMILES string of the molecule is CCCCCCCC/C=C\CCCCCCCC(=O)OCCCCCCCCCCCCCC/C=C\CCCCCCCCCCCCCCC(=O)NC(CO)C(O)/C=C/CCCCCCCCCCCCCCC. The molecule has 2 atom stereocenters. The number of esters is 1. The van der Waals surface area contributed by atoms with Gasteiger partial charge < -0.3 is 20.3 Å².